The van der Waals surface area contributed by atoms with Crippen molar-refractivity contribution in [2.24, 2.45) is 0 Å². The van der Waals surface area contributed by atoms with Crippen LogP contribution in [0.3, 0.4) is 0 Å². The SMILES string of the molecule is C=CCC1C(=C)Sc2c(-c3ccc(N(C4=CCC(c5ccccc5)C=C4)c4ccc(-c5ccccc5)cc4)cc3-c3ccccc3)cccc21. The van der Waals surface area contributed by atoms with E-state index in [2.05, 4.69) is 188 Å². The Labute approximate surface area is 300 Å². The molecule has 0 saturated carbocycles. The highest BCUT2D eigenvalue weighted by Gasteiger charge is 2.29. The number of allylic oxidation sites excluding steroid dienone is 5. The zero-order chi connectivity index (χ0) is 33.9. The summed E-state index contributed by atoms with van der Waals surface area (Å²) in [6.07, 6.45) is 10.9. The van der Waals surface area contributed by atoms with Gasteiger partial charge in [0.05, 0.1) is 0 Å². The predicted molar refractivity (Wildman–Crippen MR) is 215 cm³/mol. The number of nitrogens with zero attached hydrogens (tertiary/aromatic N) is 1. The molecule has 1 aliphatic heterocycles. The van der Waals surface area contributed by atoms with Crippen molar-refractivity contribution in [1.82, 2.24) is 0 Å². The van der Waals surface area contributed by atoms with Gasteiger partial charge in [0.1, 0.15) is 0 Å². The van der Waals surface area contributed by atoms with Gasteiger partial charge in [0.15, 0.2) is 0 Å². The fourth-order valence-corrected chi connectivity index (χ4v) is 8.57. The van der Waals surface area contributed by atoms with Crippen molar-refractivity contribution in [2.75, 3.05) is 4.90 Å². The molecule has 0 amide bonds. The van der Waals surface area contributed by atoms with Gasteiger partial charge in [0.2, 0.25) is 0 Å². The number of fused-ring (bicyclic) bond motifs is 1. The van der Waals surface area contributed by atoms with Gasteiger partial charge in [0.25, 0.3) is 0 Å². The third kappa shape index (κ3) is 6.19. The van der Waals surface area contributed by atoms with Gasteiger partial charge in [-0.2, -0.15) is 0 Å². The van der Waals surface area contributed by atoms with Crippen LogP contribution < -0.4 is 4.90 Å². The molecular weight excluding hydrogens is 623 g/mol. The fraction of sp³-hybridized carbons (Fsp3) is 0.0833. The van der Waals surface area contributed by atoms with E-state index in [1.54, 1.807) is 0 Å². The van der Waals surface area contributed by atoms with Crippen LogP contribution in [0, 0.1) is 0 Å². The topological polar surface area (TPSA) is 3.24 Å². The Kier molecular flexibility index (Phi) is 8.94. The van der Waals surface area contributed by atoms with Gasteiger partial charge >= 0.3 is 0 Å². The van der Waals surface area contributed by atoms with Crippen molar-refractivity contribution in [3.63, 3.8) is 0 Å². The average Bonchev–Trinajstić information content (AvgIpc) is 3.51. The second-order valence-electron chi connectivity index (χ2n) is 13.0. The highest BCUT2D eigenvalue weighted by molar-refractivity contribution is 8.03. The van der Waals surface area contributed by atoms with Crippen LogP contribution in [0.1, 0.15) is 35.8 Å². The Hall–Kier alpha value is -5.57. The fourth-order valence-electron chi connectivity index (χ4n) is 7.32. The molecule has 1 heterocycles. The van der Waals surface area contributed by atoms with Crippen LogP contribution >= 0.6 is 11.8 Å². The lowest BCUT2D eigenvalue weighted by molar-refractivity contribution is 0.840. The summed E-state index contributed by atoms with van der Waals surface area (Å²) < 4.78 is 0. The van der Waals surface area contributed by atoms with Crippen molar-refractivity contribution in [1.29, 1.82) is 0 Å². The normalized spacial score (nSPS) is 16.5. The van der Waals surface area contributed by atoms with E-state index in [1.165, 1.54) is 60.0 Å². The zero-order valence-corrected chi connectivity index (χ0v) is 28.9. The summed E-state index contributed by atoms with van der Waals surface area (Å²) in [6, 6.07) is 54.9. The minimum Gasteiger partial charge on any atom is -0.311 e. The largest absolute Gasteiger partial charge is 0.311 e. The molecule has 0 N–H and O–H groups in total. The quantitative estimate of drug-likeness (QED) is 0.142. The highest BCUT2D eigenvalue weighted by atomic mass is 32.2. The van der Waals surface area contributed by atoms with Crippen LogP contribution in [-0.4, -0.2) is 0 Å². The Morgan fingerprint density at radius 2 is 1.30 bits per heavy atom. The summed E-state index contributed by atoms with van der Waals surface area (Å²) in [5.41, 5.74) is 13.5. The summed E-state index contributed by atoms with van der Waals surface area (Å²) in [7, 11) is 0. The Bertz CT molecular complexity index is 2210. The lowest BCUT2D eigenvalue weighted by atomic mass is 9.89. The van der Waals surface area contributed by atoms with Gasteiger partial charge in [0, 0.05) is 33.8 Å². The Balaban J connectivity index is 1.25. The van der Waals surface area contributed by atoms with E-state index in [4.69, 9.17) is 0 Å². The average molecular weight is 662 g/mol. The first-order valence-electron chi connectivity index (χ1n) is 17.4. The molecule has 1 nitrogen and oxygen atoms in total. The van der Waals surface area contributed by atoms with Gasteiger partial charge < -0.3 is 4.90 Å². The molecule has 2 unspecified atom stereocenters. The molecule has 1 aliphatic carbocycles. The third-order valence-corrected chi connectivity index (χ3v) is 11.1. The number of thioether (sulfide) groups is 1. The maximum absolute atomic E-state index is 4.45. The van der Waals surface area contributed by atoms with Crippen molar-refractivity contribution >= 4 is 23.1 Å². The maximum atomic E-state index is 4.45. The monoisotopic (exact) mass is 661 g/mol. The van der Waals surface area contributed by atoms with Crippen LogP contribution in [-0.2, 0) is 0 Å². The van der Waals surface area contributed by atoms with E-state index in [-0.39, 0.29) is 0 Å². The van der Waals surface area contributed by atoms with Crippen molar-refractivity contribution in [2.45, 2.75) is 29.6 Å². The summed E-state index contributed by atoms with van der Waals surface area (Å²) in [5.74, 6) is 0.660. The van der Waals surface area contributed by atoms with E-state index in [0.29, 0.717) is 11.8 Å². The smallest absolute Gasteiger partial charge is 0.0468 e. The number of benzene rings is 6. The minimum atomic E-state index is 0.297. The number of rotatable bonds is 9. The summed E-state index contributed by atoms with van der Waals surface area (Å²) >= 11 is 1.82. The second-order valence-corrected chi connectivity index (χ2v) is 14.1. The van der Waals surface area contributed by atoms with Crippen LogP contribution in [0.2, 0.25) is 0 Å². The van der Waals surface area contributed by atoms with E-state index < -0.39 is 0 Å². The number of anilines is 2. The van der Waals surface area contributed by atoms with Crippen molar-refractivity contribution in [3.05, 3.63) is 211 Å². The molecule has 2 heteroatoms. The lowest BCUT2D eigenvalue weighted by Crippen LogP contribution is -2.17. The molecule has 2 atom stereocenters. The first-order chi connectivity index (χ1) is 24.7. The second kappa shape index (κ2) is 14.1. The van der Waals surface area contributed by atoms with Gasteiger partial charge in [-0.05, 0) is 92.6 Å². The molecule has 0 spiro atoms. The highest BCUT2D eigenvalue weighted by Crippen LogP contribution is 2.54. The van der Waals surface area contributed by atoms with E-state index in [9.17, 15) is 0 Å². The van der Waals surface area contributed by atoms with E-state index in [0.717, 1.165) is 24.2 Å². The van der Waals surface area contributed by atoms with E-state index in [1.807, 2.05) is 17.8 Å². The van der Waals surface area contributed by atoms with Crippen LogP contribution in [0.5, 0.6) is 0 Å². The first-order valence-corrected chi connectivity index (χ1v) is 18.2. The molecule has 242 valence electrons. The molecule has 8 rings (SSSR count). The van der Waals surface area contributed by atoms with Gasteiger partial charge in [-0.1, -0.05) is 164 Å². The molecule has 0 aromatic heterocycles. The molecular formula is C48H39NS. The molecule has 0 bridgehead atoms. The Morgan fingerprint density at radius 3 is 1.98 bits per heavy atom. The molecule has 6 aromatic carbocycles. The van der Waals surface area contributed by atoms with Crippen LogP contribution in [0.4, 0.5) is 11.4 Å². The zero-order valence-electron chi connectivity index (χ0n) is 28.1. The molecule has 6 aromatic rings. The molecule has 0 saturated heterocycles. The predicted octanol–water partition coefficient (Wildman–Crippen LogP) is 13.7. The summed E-state index contributed by atoms with van der Waals surface area (Å²) in [4.78, 5) is 4.92. The first kappa shape index (κ1) is 31.7. The molecule has 50 heavy (non-hydrogen) atoms. The molecule has 2 aliphatic rings. The summed E-state index contributed by atoms with van der Waals surface area (Å²) in [6.45, 7) is 8.48. The van der Waals surface area contributed by atoms with Gasteiger partial charge in [-0.3, -0.25) is 0 Å². The minimum absolute atomic E-state index is 0.297. The van der Waals surface area contributed by atoms with Gasteiger partial charge in [-0.25, -0.2) is 0 Å². The summed E-state index contributed by atoms with van der Waals surface area (Å²) in [5, 5.41) is 0. The van der Waals surface area contributed by atoms with Crippen LogP contribution in [0.15, 0.2) is 205 Å². The maximum Gasteiger partial charge on any atom is 0.0468 e. The van der Waals surface area contributed by atoms with Crippen LogP contribution in [0.25, 0.3) is 33.4 Å². The van der Waals surface area contributed by atoms with Crippen molar-refractivity contribution in [3.8, 4) is 33.4 Å². The van der Waals surface area contributed by atoms with E-state index >= 15 is 0 Å². The lowest BCUT2D eigenvalue weighted by Gasteiger charge is -2.30. The number of hydrogen-bond donors (Lipinski definition) is 0. The molecule has 0 radical (unpaired) electrons. The number of hydrogen-bond acceptors (Lipinski definition) is 2. The van der Waals surface area contributed by atoms with Crippen molar-refractivity contribution < 1.29 is 0 Å². The molecule has 0 fully saturated rings. The van der Waals surface area contributed by atoms with Gasteiger partial charge in [-0.15, -0.1) is 6.58 Å². The third-order valence-electron chi connectivity index (χ3n) is 9.88. The standard InChI is InChI=1S/C48H39NS/c1-3-14-43-34(2)50-48-45(43)21-13-22-46(48)44-32-31-42(33-47(44)39-19-11-6-12-20-39)49(40-27-23-37(24-28-40)35-15-7-4-8-16-35)41-29-25-38(26-30-41)36-17-9-5-10-18-36/h3-13,15-25,27-33,38,43H,1-2,14,26H2. The Morgan fingerprint density at radius 1 is 0.640 bits per heavy atom.